The van der Waals surface area contributed by atoms with Crippen molar-refractivity contribution < 1.29 is 9.47 Å². The second-order valence-corrected chi connectivity index (χ2v) is 3.52. The molecule has 0 bridgehead atoms. The molecule has 0 spiro atoms. The Balaban J connectivity index is 2.83. The molecule has 16 heavy (non-hydrogen) atoms. The fraction of sp³-hybridized carbons (Fsp3) is 0.231. The molecule has 3 heteroatoms. The highest BCUT2D eigenvalue weighted by molar-refractivity contribution is 5.94. The largest absolute Gasteiger partial charge is 0.496 e. The van der Waals surface area contributed by atoms with E-state index in [0.717, 1.165) is 27.8 Å². The molecule has 0 heterocycles. The molecule has 2 aromatic rings. The molecule has 84 valence electrons. The van der Waals surface area contributed by atoms with Gasteiger partial charge in [0, 0.05) is 22.9 Å². The molecule has 0 aromatic heterocycles. The Bertz CT molecular complexity index is 509. The molecule has 0 saturated heterocycles. The van der Waals surface area contributed by atoms with Crippen LogP contribution >= 0.6 is 0 Å². The summed E-state index contributed by atoms with van der Waals surface area (Å²) in [6, 6.07) is 9.91. The Morgan fingerprint density at radius 2 is 1.75 bits per heavy atom. The van der Waals surface area contributed by atoms with Crippen LogP contribution in [0.25, 0.3) is 10.8 Å². The molecule has 0 amide bonds. The molecule has 2 rings (SSSR count). The van der Waals surface area contributed by atoms with Gasteiger partial charge in [0.2, 0.25) is 0 Å². The van der Waals surface area contributed by atoms with E-state index in [9.17, 15) is 0 Å². The van der Waals surface area contributed by atoms with Crippen molar-refractivity contribution in [2.75, 3.05) is 14.2 Å². The van der Waals surface area contributed by atoms with Gasteiger partial charge in [-0.1, -0.05) is 24.3 Å². The third kappa shape index (κ3) is 1.59. The molecule has 0 fully saturated rings. The van der Waals surface area contributed by atoms with Crippen molar-refractivity contribution in [3.05, 3.63) is 35.9 Å². The van der Waals surface area contributed by atoms with Crippen LogP contribution in [0.15, 0.2) is 30.3 Å². The summed E-state index contributed by atoms with van der Waals surface area (Å²) < 4.78 is 10.8. The highest BCUT2D eigenvalue weighted by atomic mass is 16.5. The lowest BCUT2D eigenvalue weighted by molar-refractivity contribution is 0.406. The van der Waals surface area contributed by atoms with Gasteiger partial charge >= 0.3 is 0 Å². The number of ether oxygens (including phenoxy) is 2. The van der Waals surface area contributed by atoms with Crippen LogP contribution in [-0.2, 0) is 6.54 Å². The summed E-state index contributed by atoms with van der Waals surface area (Å²) in [5.41, 5.74) is 6.66. The summed E-state index contributed by atoms with van der Waals surface area (Å²) in [6.07, 6.45) is 0. The first-order valence-corrected chi connectivity index (χ1v) is 5.14. The number of nitrogens with two attached hydrogens (primary N) is 1. The Hall–Kier alpha value is -1.74. The third-order valence-corrected chi connectivity index (χ3v) is 2.68. The lowest BCUT2D eigenvalue weighted by Crippen LogP contribution is -2.01. The van der Waals surface area contributed by atoms with Gasteiger partial charge in [0.25, 0.3) is 0 Å². The van der Waals surface area contributed by atoms with Gasteiger partial charge in [0.1, 0.15) is 11.5 Å². The molecule has 3 nitrogen and oxygen atoms in total. The lowest BCUT2D eigenvalue weighted by Gasteiger charge is -2.13. The summed E-state index contributed by atoms with van der Waals surface area (Å²) >= 11 is 0. The van der Waals surface area contributed by atoms with Crippen molar-refractivity contribution in [1.29, 1.82) is 0 Å². The van der Waals surface area contributed by atoms with Crippen molar-refractivity contribution in [3.8, 4) is 11.5 Å². The SMILES string of the molecule is COc1cc(CN)c(OC)c2ccccc12. The van der Waals surface area contributed by atoms with E-state index in [4.69, 9.17) is 15.2 Å². The van der Waals surface area contributed by atoms with Gasteiger partial charge in [0.05, 0.1) is 14.2 Å². The zero-order valence-electron chi connectivity index (χ0n) is 9.49. The van der Waals surface area contributed by atoms with Crippen LogP contribution in [-0.4, -0.2) is 14.2 Å². The normalized spacial score (nSPS) is 10.4. The molecular formula is C13H15NO2. The maximum Gasteiger partial charge on any atom is 0.131 e. The number of benzene rings is 2. The number of methoxy groups -OCH3 is 2. The maximum atomic E-state index is 5.71. The van der Waals surface area contributed by atoms with Crippen molar-refractivity contribution in [2.24, 2.45) is 5.73 Å². The van der Waals surface area contributed by atoms with Gasteiger partial charge in [-0.25, -0.2) is 0 Å². The summed E-state index contributed by atoms with van der Waals surface area (Å²) in [5, 5.41) is 2.07. The molecule has 0 atom stereocenters. The summed E-state index contributed by atoms with van der Waals surface area (Å²) in [6.45, 7) is 0.435. The smallest absolute Gasteiger partial charge is 0.131 e. The van der Waals surface area contributed by atoms with E-state index < -0.39 is 0 Å². The van der Waals surface area contributed by atoms with E-state index in [0.29, 0.717) is 6.54 Å². The molecule has 0 saturated carbocycles. The van der Waals surface area contributed by atoms with Gasteiger partial charge in [-0.05, 0) is 6.07 Å². The van der Waals surface area contributed by atoms with E-state index in [1.165, 1.54) is 0 Å². The van der Waals surface area contributed by atoms with Crippen molar-refractivity contribution in [2.45, 2.75) is 6.54 Å². The Labute approximate surface area is 94.8 Å². The van der Waals surface area contributed by atoms with Crippen LogP contribution < -0.4 is 15.2 Å². The third-order valence-electron chi connectivity index (χ3n) is 2.68. The zero-order chi connectivity index (χ0) is 11.5. The average molecular weight is 217 g/mol. The summed E-state index contributed by atoms with van der Waals surface area (Å²) in [4.78, 5) is 0. The van der Waals surface area contributed by atoms with Gasteiger partial charge in [-0.3, -0.25) is 0 Å². The van der Waals surface area contributed by atoms with Crippen LogP contribution in [0.1, 0.15) is 5.56 Å². The Kier molecular flexibility index (Phi) is 2.97. The molecule has 0 aliphatic heterocycles. The number of rotatable bonds is 3. The first-order chi connectivity index (χ1) is 7.81. The van der Waals surface area contributed by atoms with Crippen molar-refractivity contribution in [1.82, 2.24) is 0 Å². The van der Waals surface area contributed by atoms with Crippen molar-refractivity contribution >= 4 is 10.8 Å². The van der Waals surface area contributed by atoms with Gasteiger partial charge < -0.3 is 15.2 Å². The highest BCUT2D eigenvalue weighted by Crippen LogP contribution is 2.36. The van der Waals surface area contributed by atoms with E-state index in [1.54, 1.807) is 14.2 Å². The molecule has 2 aromatic carbocycles. The molecule has 0 aliphatic carbocycles. The number of hydrogen-bond acceptors (Lipinski definition) is 3. The fourth-order valence-electron chi connectivity index (χ4n) is 1.93. The van der Waals surface area contributed by atoms with Gasteiger partial charge in [0.15, 0.2) is 0 Å². The Morgan fingerprint density at radius 1 is 1.06 bits per heavy atom. The van der Waals surface area contributed by atoms with Crippen LogP contribution in [0.4, 0.5) is 0 Å². The first-order valence-electron chi connectivity index (χ1n) is 5.14. The van der Waals surface area contributed by atoms with E-state index in [1.807, 2.05) is 30.3 Å². The maximum absolute atomic E-state index is 5.71. The molecular weight excluding hydrogens is 202 g/mol. The van der Waals surface area contributed by atoms with E-state index in [2.05, 4.69) is 0 Å². The molecule has 0 radical (unpaired) electrons. The molecule has 2 N–H and O–H groups in total. The predicted molar refractivity (Wildman–Crippen MR) is 64.9 cm³/mol. The topological polar surface area (TPSA) is 44.5 Å². The summed E-state index contributed by atoms with van der Waals surface area (Å²) in [5.74, 6) is 1.66. The average Bonchev–Trinajstić information content (AvgIpc) is 2.36. The van der Waals surface area contributed by atoms with Gasteiger partial charge in [-0.2, -0.15) is 0 Å². The minimum absolute atomic E-state index is 0.435. The van der Waals surface area contributed by atoms with E-state index in [-0.39, 0.29) is 0 Å². The zero-order valence-corrected chi connectivity index (χ0v) is 9.49. The number of fused-ring (bicyclic) bond motifs is 1. The van der Waals surface area contributed by atoms with Gasteiger partial charge in [-0.15, -0.1) is 0 Å². The van der Waals surface area contributed by atoms with Crippen LogP contribution in [0.2, 0.25) is 0 Å². The number of hydrogen-bond donors (Lipinski definition) is 1. The highest BCUT2D eigenvalue weighted by Gasteiger charge is 2.11. The van der Waals surface area contributed by atoms with Crippen LogP contribution in [0.5, 0.6) is 11.5 Å². The molecule has 0 aliphatic rings. The minimum atomic E-state index is 0.435. The van der Waals surface area contributed by atoms with Crippen LogP contribution in [0, 0.1) is 0 Å². The second-order valence-electron chi connectivity index (χ2n) is 3.52. The Morgan fingerprint density at radius 3 is 2.31 bits per heavy atom. The monoisotopic (exact) mass is 217 g/mol. The molecule has 0 unspecified atom stereocenters. The van der Waals surface area contributed by atoms with Crippen molar-refractivity contribution in [3.63, 3.8) is 0 Å². The second kappa shape index (κ2) is 4.41. The predicted octanol–water partition coefficient (Wildman–Crippen LogP) is 2.32. The quantitative estimate of drug-likeness (QED) is 0.858. The fourth-order valence-corrected chi connectivity index (χ4v) is 1.93. The summed E-state index contributed by atoms with van der Waals surface area (Å²) in [7, 11) is 3.32. The minimum Gasteiger partial charge on any atom is -0.496 e. The van der Waals surface area contributed by atoms with E-state index >= 15 is 0 Å². The van der Waals surface area contributed by atoms with Crippen LogP contribution in [0.3, 0.4) is 0 Å². The first kappa shape index (κ1) is 10.8. The standard InChI is InChI=1S/C13H15NO2/c1-15-12-7-9(8-14)13(16-2)11-6-4-3-5-10(11)12/h3-7H,8,14H2,1-2H3. The lowest BCUT2D eigenvalue weighted by atomic mass is 10.0.